The van der Waals surface area contributed by atoms with E-state index in [0.29, 0.717) is 6.04 Å². The molecule has 0 radical (unpaired) electrons. The molecular weight excluding hydrogens is 453 g/mol. The molecule has 0 aromatic heterocycles. The van der Waals surface area contributed by atoms with E-state index in [9.17, 15) is 4.79 Å². The van der Waals surface area contributed by atoms with Gasteiger partial charge in [0.05, 0.1) is 0 Å². The van der Waals surface area contributed by atoms with Crippen molar-refractivity contribution in [2.24, 2.45) is 16.8 Å². The van der Waals surface area contributed by atoms with Crippen molar-refractivity contribution in [3.05, 3.63) is 0 Å². The topological polar surface area (TPSA) is 60.0 Å². The summed E-state index contributed by atoms with van der Waals surface area (Å²) in [6.07, 6.45) is 6.13. The molecule has 2 unspecified atom stereocenters. The van der Waals surface area contributed by atoms with Crippen molar-refractivity contribution >= 4 is 35.8 Å². The van der Waals surface area contributed by atoms with E-state index in [1.165, 1.54) is 38.9 Å². The van der Waals surface area contributed by atoms with Gasteiger partial charge in [0.25, 0.3) is 0 Å². The third-order valence-corrected chi connectivity index (χ3v) is 5.49. The van der Waals surface area contributed by atoms with E-state index in [-0.39, 0.29) is 35.8 Å². The first-order chi connectivity index (χ1) is 12.5. The maximum Gasteiger partial charge on any atom is 0.225 e. The van der Waals surface area contributed by atoms with E-state index >= 15 is 0 Å². The maximum absolute atomic E-state index is 12.1. The van der Waals surface area contributed by atoms with Gasteiger partial charge in [-0.2, -0.15) is 0 Å². The highest BCUT2D eigenvalue weighted by Gasteiger charge is 2.27. The van der Waals surface area contributed by atoms with Crippen molar-refractivity contribution in [3.63, 3.8) is 0 Å². The van der Waals surface area contributed by atoms with Crippen LogP contribution in [0.2, 0.25) is 0 Å². The Hall–Kier alpha value is -0.570. The van der Waals surface area contributed by atoms with Gasteiger partial charge in [-0.1, -0.05) is 20.8 Å². The summed E-state index contributed by atoms with van der Waals surface area (Å²) in [5.41, 5.74) is 0. The van der Waals surface area contributed by atoms with Crippen molar-refractivity contribution in [1.82, 2.24) is 20.4 Å². The number of amides is 1. The molecule has 0 spiro atoms. The van der Waals surface area contributed by atoms with E-state index in [0.717, 1.165) is 44.4 Å². The van der Waals surface area contributed by atoms with Gasteiger partial charge in [-0.15, -0.1) is 24.0 Å². The molecule has 0 aromatic carbocycles. The van der Waals surface area contributed by atoms with Crippen molar-refractivity contribution in [2.45, 2.75) is 58.9 Å². The normalized spacial score (nSPS) is 24.0. The minimum Gasteiger partial charge on any atom is -0.356 e. The fourth-order valence-corrected chi connectivity index (χ4v) is 3.99. The molecule has 158 valence electrons. The highest BCUT2D eigenvalue weighted by atomic mass is 127. The van der Waals surface area contributed by atoms with Gasteiger partial charge in [0.2, 0.25) is 5.91 Å². The number of nitrogens with one attached hydrogen (secondary N) is 2. The van der Waals surface area contributed by atoms with Gasteiger partial charge in [-0.25, -0.2) is 0 Å². The lowest BCUT2D eigenvalue weighted by Gasteiger charge is -2.30. The number of nitrogens with zero attached hydrogens (tertiary/aromatic N) is 3. The molecule has 6 nitrogen and oxygen atoms in total. The van der Waals surface area contributed by atoms with Crippen molar-refractivity contribution < 1.29 is 4.79 Å². The van der Waals surface area contributed by atoms with E-state index in [4.69, 9.17) is 0 Å². The second kappa shape index (κ2) is 12.8. The highest BCUT2D eigenvalue weighted by molar-refractivity contribution is 14.0. The average Bonchev–Trinajstić information content (AvgIpc) is 3.08. The molecule has 2 saturated heterocycles. The molecule has 2 heterocycles. The summed E-state index contributed by atoms with van der Waals surface area (Å²) in [6, 6.07) is 0.304. The molecule has 2 atom stereocenters. The average molecular weight is 493 g/mol. The highest BCUT2D eigenvalue weighted by Crippen LogP contribution is 2.15. The van der Waals surface area contributed by atoms with Crippen molar-refractivity contribution in [3.8, 4) is 0 Å². The number of piperidine rings is 1. The second-order valence-electron chi connectivity index (χ2n) is 8.32. The predicted octanol–water partition coefficient (Wildman–Crippen LogP) is 2.54. The summed E-state index contributed by atoms with van der Waals surface area (Å²) in [6.45, 7) is 12.6. The Morgan fingerprint density at radius 3 is 2.63 bits per heavy atom. The van der Waals surface area contributed by atoms with Crippen LogP contribution in [0.25, 0.3) is 0 Å². The smallest absolute Gasteiger partial charge is 0.225 e. The van der Waals surface area contributed by atoms with Crippen molar-refractivity contribution in [1.29, 1.82) is 0 Å². The lowest BCUT2D eigenvalue weighted by atomic mass is 10.0. The first-order valence-electron chi connectivity index (χ1n) is 10.5. The van der Waals surface area contributed by atoms with E-state index < -0.39 is 0 Å². The summed E-state index contributed by atoms with van der Waals surface area (Å²) >= 11 is 0. The molecule has 0 bridgehead atoms. The second-order valence-corrected chi connectivity index (χ2v) is 8.32. The Morgan fingerprint density at radius 1 is 1.19 bits per heavy atom. The van der Waals surface area contributed by atoms with Gasteiger partial charge in [-0.3, -0.25) is 9.79 Å². The van der Waals surface area contributed by atoms with Gasteiger partial charge < -0.3 is 20.4 Å². The molecule has 2 fully saturated rings. The third-order valence-electron chi connectivity index (χ3n) is 5.49. The maximum atomic E-state index is 12.1. The zero-order valence-electron chi connectivity index (χ0n) is 17.7. The molecule has 1 amide bonds. The summed E-state index contributed by atoms with van der Waals surface area (Å²) in [5, 5.41) is 6.90. The minimum atomic E-state index is 0. The van der Waals surface area contributed by atoms with E-state index in [1.54, 1.807) is 0 Å². The summed E-state index contributed by atoms with van der Waals surface area (Å²) < 4.78 is 0. The molecule has 0 aliphatic carbocycles. The first kappa shape index (κ1) is 24.5. The number of likely N-dealkylation sites (tertiary alicyclic amines) is 2. The molecular formula is C20H40IN5O. The van der Waals surface area contributed by atoms with Crippen LogP contribution in [0.5, 0.6) is 0 Å². The SMILES string of the molecule is CN=C(NCCCCN1CCCC(C)C1)NC1CCN(C(=O)C(C)C)C1.I. The van der Waals surface area contributed by atoms with Crippen LogP contribution >= 0.6 is 24.0 Å². The molecule has 2 rings (SSSR count). The number of unbranched alkanes of at least 4 members (excludes halogenated alkanes) is 1. The zero-order valence-corrected chi connectivity index (χ0v) is 20.0. The number of carbonyl (C=O) groups excluding carboxylic acids is 1. The van der Waals surface area contributed by atoms with Crippen LogP contribution in [-0.2, 0) is 4.79 Å². The van der Waals surface area contributed by atoms with Gasteiger partial charge in [0.1, 0.15) is 0 Å². The number of aliphatic imine (C=N–C) groups is 1. The lowest BCUT2D eigenvalue weighted by Crippen LogP contribution is -2.45. The predicted molar refractivity (Wildman–Crippen MR) is 124 cm³/mol. The third kappa shape index (κ3) is 8.54. The Bertz CT molecular complexity index is 471. The Labute approximate surface area is 182 Å². The fourth-order valence-electron chi connectivity index (χ4n) is 3.99. The molecule has 7 heteroatoms. The van der Waals surface area contributed by atoms with E-state index in [1.807, 2.05) is 25.8 Å². The summed E-state index contributed by atoms with van der Waals surface area (Å²) in [7, 11) is 1.82. The number of halogens is 1. The van der Waals surface area contributed by atoms with Crippen LogP contribution in [0.3, 0.4) is 0 Å². The number of hydrogen-bond acceptors (Lipinski definition) is 3. The summed E-state index contributed by atoms with van der Waals surface area (Å²) in [5.74, 6) is 2.05. The zero-order chi connectivity index (χ0) is 18.9. The van der Waals surface area contributed by atoms with Crippen LogP contribution in [0.1, 0.15) is 52.9 Å². The van der Waals surface area contributed by atoms with Crippen molar-refractivity contribution in [2.75, 3.05) is 46.3 Å². The van der Waals surface area contributed by atoms with E-state index in [2.05, 4.69) is 27.4 Å². The van der Waals surface area contributed by atoms with Gasteiger partial charge in [0.15, 0.2) is 5.96 Å². The minimum absolute atomic E-state index is 0. The Morgan fingerprint density at radius 2 is 1.96 bits per heavy atom. The first-order valence-corrected chi connectivity index (χ1v) is 10.5. The van der Waals surface area contributed by atoms with Crippen LogP contribution in [0.4, 0.5) is 0 Å². The quantitative estimate of drug-likeness (QED) is 0.248. The molecule has 2 N–H and O–H groups in total. The summed E-state index contributed by atoms with van der Waals surface area (Å²) in [4.78, 5) is 21.0. The van der Waals surface area contributed by atoms with Gasteiger partial charge >= 0.3 is 0 Å². The molecule has 0 aromatic rings. The van der Waals surface area contributed by atoms with Crippen LogP contribution in [0.15, 0.2) is 4.99 Å². The largest absolute Gasteiger partial charge is 0.356 e. The van der Waals surface area contributed by atoms with Crippen LogP contribution in [-0.4, -0.2) is 74.0 Å². The molecule has 0 saturated carbocycles. The monoisotopic (exact) mass is 493 g/mol. The number of rotatable bonds is 7. The number of carbonyl (C=O) groups is 1. The fraction of sp³-hybridized carbons (Fsp3) is 0.900. The number of guanidine groups is 1. The van der Waals surface area contributed by atoms with Gasteiger partial charge in [0, 0.05) is 45.2 Å². The molecule has 27 heavy (non-hydrogen) atoms. The Kier molecular flexibility index (Phi) is 11.6. The standard InChI is InChI=1S/C20H39N5O.HI/c1-16(2)19(26)25-13-9-18(15-25)23-20(21-4)22-10-5-6-11-24-12-7-8-17(3)14-24;/h16-18H,5-15H2,1-4H3,(H2,21,22,23);1H. The van der Waals surface area contributed by atoms with Crippen LogP contribution in [0, 0.1) is 11.8 Å². The van der Waals surface area contributed by atoms with Gasteiger partial charge in [-0.05, 0) is 51.1 Å². The molecule has 2 aliphatic heterocycles. The molecule has 2 aliphatic rings. The Balaban J connectivity index is 0.00000364. The lowest BCUT2D eigenvalue weighted by molar-refractivity contribution is -0.133. The van der Waals surface area contributed by atoms with Crippen LogP contribution < -0.4 is 10.6 Å². The number of hydrogen-bond donors (Lipinski definition) is 2.